The van der Waals surface area contributed by atoms with Crippen LogP contribution in [-0.2, 0) is 21.7 Å². The molecule has 0 saturated heterocycles. The Kier molecular flexibility index (Phi) is 11.1. The molecule has 8 heteroatoms. The number of fused-ring (bicyclic) bond motifs is 8. The minimum absolute atomic E-state index is 0.0131. The molecule has 0 radical (unpaired) electrons. The Bertz CT molecular complexity index is 4160. The van der Waals surface area contributed by atoms with E-state index in [0.717, 1.165) is 95.4 Å². The maximum Gasteiger partial charge on any atom is 0.269 e. The number of nitrogens with zero attached hydrogens (tertiary/aromatic N) is 4. The molecular formula is C70H65BN4O3. The van der Waals surface area contributed by atoms with Crippen molar-refractivity contribution >= 4 is 55.9 Å². The molecule has 386 valence electrons. The van der Waals surface area contributed by atoms with Gasteiger partial charge < -0.3 is 14.2 Å². The molecule has 7 nitrogen and oxygen atoms in total. The Hall–Kier alpha value is -8.36. The fourth-order valence-corrected chi connectivity index (χ4v) is 11.5. The van der Waals surface area contributed by atoms with Crippen LogP contribution in [0.15, 0.2) is 176 Å². The van der Waals surface area contributed by atoms with Crippen LogP contribution in [0, 0.1) is 6.33 Å². The Labute approximate surface area is 458 Å². The molecule has 0 bridgehead atoms. The van der Waals surface area contributed by atoms with Gasteiger partial charge in [0.2, 0.25) is 0 Å². The van der Waals surface area contributed by atoms with Gasteiger partial charge >= 0.3 is 0 Å². The third kappa shape index (κ3) is 8.44. The molecule has 0 saturated carbocycles. The maximum atomic E-state index is 6.96. The largest absolute Gasteiger partial charge is 0.458 e. The van der Waals surface area contributed by atoms with Gasteiger partial charge in [-0.2, -0.15) is 0 Å². The molecule has 0 atom stereocenters. The second-order valence-electron chi connectivity index (χ2n) is 25.6. The first-order valence-electron chi connectivity index (χ1n) is 27.4. The summed E-state index contributed by atoms with van der Waals surface area (Å²) in [5, 5.41) is 2.19. The van der Waals surface area contributed by atoms with Crippen LogP contribution in [0.5, 0.6) is 34.5 Å². The topological polar surface area (TPSA) is 54.3 Å². The molecule has 0 unspecified atom stereocenters. The van der Waals surface area contributed by atoms with E-state index >= 15 is 0 Å². The summed E-state index contributed by atoms with van der Waals surface area (Å²) in [4.78, 5) is 5.04. The Morgan fingerprint density at radius 3 is 1.78 bits per heavy atom. The van der Waals surface area contributed by atoms with E-state index in [0.29, 0.717) is 5.75 Å². The SMILES string of the molecule is CC(C)(C)c1cccc(-[n+]2[c-]n(-c3cccc(Oc4ccc5c6cc(-c7cc8c9c(c7)Oc7ccc(C(C)(C)C)cc7B9c7cc(C(C)(C)C)ccc7O8)ccc6n(-c6cc(C(C)(C)C)ccn6)c5c4)c3)c3ccccc32)c1. The number of ether oxygens (including phenoxy) is 3. The number of para-hydroxylation sites is 2. The van der Waals surface area contributed by atoms with Crippen molar-refractivity contribution in [3.05, 3.63) is 205 Å². The van der Waals surface area contributed by atoms with Crippen molar-refractivity contribution in [2.45, 2.75) is 105 Å². The Morgan fingerprint density at radius 1 is 0.474 bits per heavy atom. The zero-order chi connectivity index (χ0) is 54.2. The number of imidazole rings is 1. The zero-order valence-corrected chi connectivity index (χ0v) is 46.8. The van der Waals surface area contributed by atoms with E-state index in [4.69, 9.17) is 19.2 Å². The van der Waals surface area contributed by atoms with Gasteiger partial charge in [0.15, 0.2) is 0 Å². The highest BCUT2D eigenvalue weighted by atomic mass is 16.5. The van der Waals surface area contributed by atoms with Crippen LogP contribution in [0.2, 0.25) is 0 Å². The minimum atomic E-state index is -0.0816. The fraction of sp³-hybridized carbons (Fsp3) is 0.229. The van der Waals surface area contributed by atoms with Crippen LogP contribution < -0.4 is 35.2 Å². The summed E-state index contributed by atoms with van der Waals surface area (Å²) in [5.41, 5.74) is 16.6. The van der Waals surface area contributed by atoms with Gasteiger partial charge in [-0.25, -0.2) is 4.98 Å². The lowest BCUT2D eigenvalue weighted by atomic mass is 9.34. The van der Waals surface area contributed by atoms with E-state index in [1.807, 2.05) is 18.3 Å². The third-order valence-electron chi connectivity index (χ3n) is 16.0. The number of hydrogen-bond acceptors (Lipinski definition) is 4. The van der Waals surface area contributed by atoms with Crippen molar-refractivity contribution in [3.8, 4) is 62.8 Å². The van der Waals surface area contributed by atoms with Crippen molar-refractivity contribution in [2.75, 3.05) is 0 Å². The molecule has 0 amide bonds. The fourth-order valence-electron chi connectivity index (χ4n) is 11.5. The highest BCUT2D eigenvalue weighted by Gasteiger charge is 2.42. The molecule has 3 aromatic heterocycles. The third-order valence-corrected chi connectivity index (χ3v) is 16.0. The van der Waals surface area contributed by atoms with E-state index in [2.05, 4.69) is 261 Å². The number of benzene rings is 8. The molecule has 0 spiro atoms. The van der Waals surface area contributed by atoms with Crippen LogP contribution in [0.4, 0.5) is 0 Å². The van der Waals surface area contributed by atoms with Gasteiger partial charge in [-0.3, -0.25) is 13.7 Å². The van der Waals surface area contributed by atoms with E-state index in [1.165, 1.54) is 33.2 Å². The van der Waals surface area contributed by atoms with Gasteiger partial charge in [0.25, 0.3) is 13.0 Å². The highest BCUT2D eigenvalue weighted by Crippen LogP contribution is 2.43. The van der Waals surface area contributed by atoms with Crippen molar-refractivity contribution in [1.82, 2.24) is 14.1 Å². The van der Waals surface area contributed by atoms with Crippen LogP contribution in [0.1, 0.15) is 105 Å². The van der Waals surface area contributed by atoms with Gasteiger partial charge in [0.05, 0.1) is 33.4 Å². The standard InChI is InChI=1S/C70H65BN4O3/c1-67(2,3)45-17-15-18-49(36-45)73-42-74(59-22-14-13-21-58(59)73)50-19-16-20-51(40-50)76-52-26-27-53-54-33-43(23-28-57(54)75(60(53)41-52)65-39-48(31-32-72-65)70(10,11)12)44-34-63-66-64(35-44)78-62-30-25-47(69(7,8)9)38-56(62)71(66)55-37-46(68(4,5)6)24-29-61(55)77-63/h13-41H,1-12H3. The first-order valence-corrected chi connectivity index (χ1v) is 27.4. The predicted molar refractivity (Wildman–Crippen MR) is 320 cm³/mol. The van der Waals surface area contributed by atoms with Crippen LogP contribution >= 0.6 is 0 Å². The summed E-state index contributed by atoms with van der Waals surface area (Å²) in [6.07, 6.45) is 5.62. The molecule has 2 aliphatic heterocycles. The summed E-state index contributed by atoms with van der Waals surface area (Å²) >= 11 is 0. The number of aromatic nitrogens is 4. The summed E-state index contributed by atoms with van der Waals surface area (Å²) in [6.45, 7) is 27.1. The number of hydrogen-bond donors (Lipinski definition) is 0. The molecule has 78 heavy (non-hydrogen) atoms. The average Bonchev–Trinajstić information content (AvgIpc) is 3.97. The number of pyridine rings is 1. The first kappa shape index (κ1) is 49.2. The molecular weight excluding hydrogens is 956 g/mol. The second kappa shape index (κ2) is 17.6. The maximum absolute atomic E-state index is 6.96. The lowest BCUT2D eigenvalue weighted by molar-refractivity contribution is -0.572. The zero-order valence-electron chi connectivity index (χ0n) is 46.8. The molecule has 5 heterocycles. The molecule has 0 aliphatic carbocycles. The smallest absolute Gasteiger partial charge is 0.269 e. The van der Waals surface area contributed by atoms with Crippen LogP contribution in [-0.4, -0.2) is 20.8 Å². The first-order chi connectivity index (χ1) is 37.1. The van der Waals surface area contributed by atoms with Crippen molar-refractivity contribution in [1.29, 1.82) is 0 Å². The molecule has 0 N–H and O–H groups in total. The Morgan fingerprint density at radius 2 is 1.10 bits per heavy atom. The summed E-state index contributed by atoms with van der Waals surface area (Å²) in [6, 6.07) is 60.9. The molecule has 8 aromatic carbocycles. The van der Waals surface area contributed by atoms with Crippen LogP contribution in [0.3, 0.4) is 0 Å². The highest BCUT2D eigenvalue weighted by molar-refractivity contribution is 6.98. The molecule has 0 fully saturated rings. The number of rotatable bonds is 6. The molecule has 11 aromatic rings. The molecule has 2 aliphatic rings. The van der Waals surface area contributed by atoms with Crippen molar-refractivity contribution < 1.29 is 18.8 Å². The quantitative estimate of drug-likeness (QED) is 0.0946. The lowest BCUT2D eigenvalue weighted by Crippen LogP contribution is -2.57. The van der Waals surface area contributed by atoms with Crippen LogP contribution in [0.25, 0.3) is 61.2 Å². The van der Waals surface area contributed by atoms with E-state index < -0.39 is 0 Å². The monoisotopic (exact) mass is 1020 g/mol. The molecule has 13 rings (SSSR count). The van der Waals surface area contributed by atoms with E-state index in [-0.39, 0.29) is 28.4 Å². The van der Waals surface area contributed by atoms with Gasteiger partial charge in [0.1, 0.15) is 40.3 Å². The van der Waals surface area contributed by atoms with E-state index in [1.54, 1.807) is 0 Å². The summed E-state index contributed by atoms with van der Waals surface area (Å²) < 4.78 is 27.3. The normalized spacial score (nSPS) is 13.3. The lowest BCUT2D eigenvalue weighted by Gasteiger charge is -2.35. The Balaban J connectivity index is 0.913. The van der Waals surface area contributed by atoms with Gasteiger partial charge in [-0.1, -0.05) is 156 Å². The van der Waals surface area contributed by atoms with Gasteiger partial charge in [0, 0.05) is 28.5 Å². The summed E-state index contributed by atoms with van der Waals surface area (Å²) in [5.74, 6) is 5.68. The van der Waals surface area contributed by atoms with Crippen molar-refractivity contribution in [3.63, 3.8) is 0 Å². The second-order valence-corrected chi connectivity index (χ2v) is 25.6. The average molecular weight is 1020 g/mol. The minimum Gasteiger partial charge on any atom is -0.458 e. The van der Waals surface area contributed by atoms with Gasteiger partial charge in [-0.05, 0) is 157 Å². The van der Waals surface area contributed by atoms with E-state index in [9.17, 15) is 0 Å². The van der Waals surface area contributed by atoms with Gasteiger partial charge in [-0.15, -0.1) is 0 Å². The van der Waals surface area contributed by atoms with Crippen molar-refractivity contribution in [2.24, 2.45) is 0 Å². The summed E-state index contributed by atoms with van der Waals surface area (Å²) in [7, 11) is 0. The predicted octanol–water partition coefficient (Wildman–Crippen LogP) is 15.6.